The maximum atomic E-state index is 14.1. The van der Waals surface area contributed by atoms with Gasteiger partial charge in [-0.2, -0.15) is 23.5 Å². The first-order chi connectivity index (χ1) is 39.4. The molecule has 0 saturated carbocycles. The van der Waals surface area contributed by atoms with Crippen molar-refractivity contribution in [2.75, 3.05) is 54.2 Å². The summed E-state index contributed by atoms with van der Waals surface area (Å²) in [6.07, 6.45) is 6.45. The highest BCUT2D eigenvalue weighted by Crippen LogP contribution is 2.50. The van der Waals surface area contributed by atoms with Gasteiger partial charge >= 0.3 is 24.0 Å². The number of urea groups is 2. The molecule has 6 aromatic carbocycles. The van der Waals surface area contributed by atoms with Crippen LogP contribution in [0, 0.1) is 0 Å². The number of unbranched alkanes of at least 4 members (excludes halogenated alkanes) is 2. The predicted molar refractivity (Wildman–Crippen MR) is 321 cm³/mol. The van der Waals surface area contributed by atoms with Gasteiger partial charge in [0.05, 0.1) is 66.8 Å². The second-order valence-electron chi connectivity index (χ2n) is 20.1. The first kappa shape index (κ1) is 60.1. The lowest BCUT2D eigenvalue weighted by Crippen LogP contribution is -2.53. The van der Waals surface area contributed by atoms with Crippen LogP contribution in [0.25, 0.3) is 0 Å². The summed E-state index contributed by atoms with van der Waals surface area (Å²) in [7, 11) is 9.46. The summed E-state index contributed by atoms with van der Waals surface area (Å²) in [6.45, 7) is 0. The van der Waals surface area contributed by atoms with Crippen LogP contribution in [0.3, 0.4) is 0 Å². The average molecular weight is 1160 g/mol. The van der Waals surface area contributed by atoms with Crippen LogP contribution in [0.2, 0.25) is 0 Å². The van der Waals surface area contributed by atoms with Crippen molar-refractivity contribution in [3.8, 4) is 23.0 Å². The number of hydrogen-bond donors (Lipinski definition) is 3. The molecular weight excluding hydrogens is 1080 g/mol. The number of benzene rings is 6. The van der Waals surface area contributed by atoms with E-state index in [1.54, 1.807) is 28.4 Å². The average Bonchev–Trinajstić information content (AvgIpc) is 4.35. The van der Waals surface area contributed by atoms with Crippen molar-refractivity contribution < 1.29 is 47.6 Å². The number of alkyl halides is 1. The molecule has 81 heavy (non-hydrogen) atoms. The SMILES string of the molecule is COC(=O)CCCCC1SCC2C1NC(=O)N2C(c1ccccc1)(c1ccc(OC)cc1)c1ccc(OC)cc1.COC(=O)CCCCC1SCC2NC(=O)NC21.COc1ccc(C(Cl)(c2ccccc2)c2ccc(OC)cc2)cc1. The number of hydrogen-bond acceptors (Lipinski definition) is 12. The number of amides is 4. The number of ether oxygens (including phenoxy) is 6. The van der Waals surface area contributed by atoms with Crippen molar-refractivity contribution in [2.24, 2.45) is 0 Å². The molecule has 4 fully saturated rings. The molecule has 4 saturated heterocycles. The van der Waals surface area contributed by atoms with E-state index in [4.69, 9.17) is 35.3 Å². The Kier molecular flexibility index (Phi) is 21.2. The fourth-order valence-corrected chi connectivity index (χ4v) is 14.8. The minimum absolute atomic E-state index is 0.00945. The number of nitrogens with one attached hydrogen (secondary N) is 3. The van der Waals surface area contributed by atoms with E-state index in [-0.39, 0.29) is 53.4 Å². The van der Waals surface area contributed by atoms with Gasteiger partial charge in [0.15, 0.2) is 0 Å². The largest absolute Gasteiger partial charge is 0.497 e. The van der Waals surface area contributed by atoms with E-state index in [1.807, 2.05) is 145 Å². The lowest BCUT2D eigenvalue weighted by atomic mass is 9.74. The zero-order chi connectivity index (χ0) is 57.4. The normalized spacial score (nSPS) is 19.7. The smallest absolute Gasteiger partial charge is 0.319 e. The number of methoxy groups -OCH3 is 6. The molecule has 3 N–H and O–H groups in total. The van der Waals surface area contributed by atoms with E-state index < -0.39 is 10.4 Å². The Balaban J connectivity index is 0.000000177. The van der Waals surface area contributed by atoms with Gasteiger partial charge in [0, 0.05) is 34.8 Å². The number of thioether (sulfide) groups is 2. The Morgan fingerprint density at radius 1 is 0.494 bits per heavy atom. The van der Waals surface area contributed by atoms with Gasteiger partial charge in [-0.1, -0.05) is 122 Å². The van der Waals surface area contributed by atoms with Crippen LogP contribution in [0.1, 0.15) is 84.7 Å². The third-order valence-corrected chi connectivity index (χ3v) is 19.1. The topological polar surface area (TPSA) is 163 Å². The summed E-state index contributed by atoms with van der Waals surface area (Å²) in [4.78, 5) is 49.1. The van der Waals surface area contributed by atoms with Gasteiger partial charge in [0.1, 0.15) is 33.4 Å². The number of rotatable bonds is 21. The summed E-state index contributed by atoms with van der Waals surface area (Å²) in [6, 6.07) is 52.5. The molecule has 10 rings (SSSR count). The molecule has 0 radical (unpaired) electrons. The maximum absolute atomic E-state index is 14.1. The van der Waals surface area contributed by atoms with Gasteiger partial charge in [-0.15, -0.1) is 11.6 Å². The fraction of sp³-hybridized carbons (Fsp3) is 0.375. The first-order valence-electron chi connectivity index (χ1n) is 27.3. The number of esters is 2. The molecule has 0 spiro atoms. The van der Waals surface area contributed by atoms with Crippen molar-refractivity contribution in [2.45, 2.75) is 96.4 Å². The minimum Gasteiger partial charge on any atom is -0.497 e. The van der Waals surface area contributed by atoms with Crippen molar-refractivity contribution in [3.63, 3.8) is 0 Å². The third kappa shape index (κ3) is 13.8. The Hall–Kier alpha value is -7.01. The summed E-state index contributed by atoms with van der Waals surface area (Å²) in [5.41, 5.74) is 5.07. The molecule has 428 valence electrons. The number of fused-ring (bicyclic) bond motifs is 2. The standard InChI is InChI=1S/C32H36N2O5S.C21H19ClO2.C11H18N2O3S/c1-37-25-17-13-23(14-18-25)32(22-9-5-4-6-10-22,24-15-19-26(38-2)20-16-24)34-27-21-40-28(30(27)33-31(34)36)11-7-8-12-29(35)39-3;1-23-19-12-8-17(9-13-19)21(22,16-6-4-3-5-7-16)18-10-14-20(24-2)15-11-18;1-16-9(14)5-3-2-4-8-10-7(6-17-8)12-11(15)13-10/h4-6,9-10,13-20,27-28,30H,7-8,11-12,21H2,1-3H3,(H,33,36);3-15H,1-2H3;7-8,10H,2-6H2,1H3,(H2,12,13,15). The molecule has 0 aromatic heterocycles. The van der Waals surface area contributed by atoms with Crippen LogP contribution < -0.4 is 34.9 Å². The Bertz CT molecular complexity index is 2880. The van der Waals surface area contributed by atoms with Gasteiger partial charge in [0.25, 0.3) is 0 Å². The minimum atomic E-state index is -0.885. The molecule has 0 aliphatic carbocycles. The number of carbonyl (C=O) groups excluding carboxylic acids is 4. The predicted octanol–water partition coefficient (Wildman–Crippen LogP) is 11.7. The molecule has 0 bridgehead atoms. The lowest BCUT2D eigenvalue weighted by molar-refractivity contribution is -0.141. The van der Waals surface area contributed by atoms with Gasteiger partial charge in [0.2, 0.25) is 0 Å². The molecule has 6 aromatic rings. The summed E-state index contributed by atoms with van der Waals surface area (Å²) >= 11 is 11.0. The molecule has 14 nitrogen and oxygen atoms in total. The van der Waals surface area contributed by atoms with E-state index in [2.05, 4.69) is 62.0 Å². The van der Waals surface area contributed by atoms with Gasteiger partial charge in [-0.25, -0.2) is 9.59 Å². The molecule has 4 aliphatic heterocycles. The van der Waals surface area contributed by atoms with E-state index in [1.165, 1.54) is 14.2 Å². The van der Waals surface area contributed by atoms with Crippen LogP contribution in [0.4, 0.5) is 9.59 Å². The lowest BCUT2D eigenvalue weighted by Gasteiger charge is -2.45. The van der Waals surface area contributed by atoms with Gasteiger partial charge in [-0.3, -0.25) is 9.59 Å². The third-order valence-electron chi connectivity index (χ3n) is 15.5. The number of nitrogens with zero attached hydrogens (tertiary/aromatic N) is 1. The summed E-state index contributed by atoms with van der Waals surface area (Å²) in [5, 5.41) is 10.0. The summed E-state index contributed by atoms with van der Waals surface area (Å²) < 4.78 is 30.9. The highest BCUT2D eigenvalue weighted by molar-refractivity contribution is 8.00. The zero-order valence-corrected chi connectivity index (χ0v) is 49.2. The van der Waals surface area contributed by atoms with Crippen molar-refractivity contribution >= 4 is 59.1 Å². The second-order valence-corrected chi connectivity index (χ2v) is 23.2. The molecule has 4 heterocycles. The van der Waals surface area contributed by atoms with E-state index in [0.717, 1.165) is 106 Å². The van der Waals surface area contributed by atoms with E-state index in [0.29, 0.717) is 18.1 Å². The highest BCUT2D eigenvalue weighted by atomic mass is 35.5. The van der Waals surface area contributed by atoms with Crippen LogP contribution in [-0.2, 0) is 29.5 Å². The van der Waals surface area contributed by atoms with Gasteiger partial charge < -0.3 is 49.3 Å². The van der Waals surface area contributed by atoms with E-state index in [9.17, 15) is 19.2 Å². The van der Waals surface area contributed by atoms with E-state index >= 15 is 0 Å². The number of halogens is 1. The Morgan fingerprint density at radius 3 is 1.31 bits per heavy atom. The molecule has 6 unspecified atom stereocenters. The second kappa shape index (κ2) is 28.6. The molecule has 4 amide bonds. The monoisotopic (exact) mass is 1160 g/mol. The van der Waals surface area contributed by atoms with Crippen molar-refractivity contribution in [3.05, 3.63) is 191 Å². The molecule has 6 atom stereocenters. The van der Waals surface area contributed by atoms with Crippen LogP contribution >= 0.6 is 35.1 Å². The van der Waals surface area contributed by atoms with Crippen LogP contribution in [0.15, 0.2) is 158 Å². The Morgan fingerprint density at radius 2 is 0.877 bits per heavy atom. The van der Waals surface area contributed by atoms with Crippen LogP contribution in [-0.4, -0.2) is 118 Å². The van der Waals surface area contributed by atoms with Gasteiger partial charge in [-0.05, 0) is 108 Å². The van der Waals surface area contributed by atoms with Crippen molar-refractivity contribution in [1.29, 1.82) is 0 Å². The molecule has 17 heteroatoms. The summed E-state index contributed by atoms with van der Waals surface area (Å²) in [5.74, 6) is 4.62. The number of carbonyl (C=O) groups is 4. The quantitative estimate of drug-likeness (QED) is 0.0206. The fourth-order valence-electron chi connectivity index (χ4n) is 11.3. The first-order valence-corrected chi connectivity index (χ1v) is 29.8. The highest BCUT2D eigenvalue weighted by Gasteiger charge is 2.57. The molecule has 4 aliphatic rings. The maximum Gasteiger partial charge on any atom is 0.319 e. The van der Waals surface area contributed by atoms with Crippen molar-refractivity contribution in [1.82, 2.24) is 20.9 Å². The Labute approximate surface area is 489 Å². The molecular formula is C64H73ClN4O10S2. The zero-order valence-electron chi connectivity index (χ0n) is 46.8. The van der Waals surface area contributed by atoms with Crippen LogP contribution in [0.5, 0.6) is 23.0 Å².